The number of rotatable bonds is 24. The van der Waals surface area contributed by atoms with Gasteiger partial charge in [0, 0.05) is 26.0 Å². The minimum absolute atomic E-state index is 0.452. The monoisotopic (exact) mass is 629 g/mol. The molecule has 2 aromatic rings. The summed E-state index contributed by atoms with van der Waals surface area (Å²) in [5.74, 6) is 0. The number of hydrogen-bond acceptors (Lipinski definition) is 12. The molecule has 0 saturated carbocycles. The number of fused-ring (bicyclic) bond motifs is 1. The smallest absolute Gasteiger partial charge is 0.165 e. The Balaban J connectivity index is 1.25. The van der Waals surface area contributed by atoms with E-state index in [0.29, 0.717) is 96.7 Å². The summed E-state index contributed by atoms with van der Waals surface area (Å²) in [5.41, 5.74) is 7.50. The highest BCUT2D eigenvalue weighted by Crippen LogP contribution is 2.40. The molecule has 1 aliphatic rings. The third kappa shape index (κ3) is 12.7. The highest BCUT2D eigenvalue weighted by molar-refractivity contribution is 7.72. The lowest BCUT2D eigenvalue weighted by atomic mass is 10.1. The maximum Gasteiger partial charge on any atom is 0.165 e. The van der Waals surface area contributed by atoms with Gasteiger partial charge in [0.2, 0.25) is 0 Å². The second-order valence-corrected chi connectivity index (χ2v) is 15.5. The SMILES string of the molecule is C=P(C)(C)CC[C@H]1OC(n2cnc3c(NCCCOCCOCCOCCOCCOCCCN)ccnc32)[C@H](O)[C@@H]1O. The van der Waals surface area contributed by atoms with Crippen molar-refractivity contribution >= 4 is 30.0 Å². The van der Waals surface area contributed by atoms with E-state index in [-0.39, 0.29) is 0 Å². The number of nitrogens with one attached hydrogen (secondary N) is 1. The topological polar surface area (TPSA) is 165 Å². The van der Waals surface area contributed by atoms with Gasteiger partial charge in [-0.25, -0.2) is 9.97 Å². The lowest BCUT2D eigenvalue weighted by Gasteiger charge is -2.18. The third-order valence-corrected chi connectivity index (χ3v) is 8.32. The molecule has 1 fully saturated rings. The standard InChI is InChI=1S/C29H52N5O8P/c1-43(2,3)21-7-24-26(35)27(36)29(42-24)34-22-33-25-23(6-10-32-28(25)34)31-9-5-12-38-14-16-40-18-20-41-19-17-39-15-13-37-11-4-8-30/h6,10,22,24,26-27,29,35-36H,1,4-5,7-9,11-21,30H2,2-3H3,(H,31,32)/t24-,26-,27-,29?/m1/s1. The van der Waals surface area contributed by atoms with E-state index in [1.807, 2.05) is 6.07 Å². The van der Waals surface area contributed by atoms with E-state index in [9.17, 15) is 10.2 Å². The van der Waals surface area contributed by atoms with Crippen molar-refractivity contribution < 1.29 is 38.6 Å². The first-order valence-electron chi connectivity index (χ1n) is 15.1. The van der Waals surface area contributed by atoms with Crippen LogP contribution in [0.25, 0.3) is 11.2 Å². The molecule has 2 aromatic heterocycles. The van der Waals surface area contributed by atoms with Crippen LogP contribution in [-0.4, -0.2) is 148 Å². The predicted molar refractivity (Wildman–Crippen MR) is 170 cm³/mol. The van der Waals surface area contributed by atoms with Gasteiger partial charge in [-0.2, -0.15) is 0 Å². The van der Waals surface area contributed by atoms with Crippen LogP contribution in [0.3, 0.4) is 0 Å². The van der Waals surface area contributed by atoms with Gasteiger partial charge in [-0.1, -0.05) is 0 Å². The summed E-state index contributed by atoms with van der Waals surface area (Å²) < 4.78 is 35.2. The van der Waals surface area contributed by atoms with E-state index in [2.05, 4.69) is 34.9 Å². The Bertz CT molecular complexity index is 1090. The second kappa shape index (κ2) is 19.7. The van der Waals surface area contributed by atoms with Crippen molar-refractivity contribution in [3.05, 3.63) is 18.6 Å². The Morgan fingerprint density at radius 3 is 2.07 bits per heavy atom. The molecule has 0 bridgehead atoms. The van der Waals surface area contributed by atoms with Gasteiger partial charge >= 0.3 is 0 Å². The zero-order chi connectivity index (χ0) is 30.9. The first-order valence-corrected chi connectivity index (χ1v) is 18.2. The molecule has 1 saturated heterocycles. The van der Waals surface area contributed by atoms with Crippen LogP contribution in [0.5, 0.6) is 0 Å². The van der Waals surface area contributed by atoms with Crippen LogP contribution in [0, 0.1) is 0 Å². The average molecular weight is 630 g/mol. The van der Waals surface area contributed by atoms with Crippen molar-refractivity contribution in [2.75, 3.05) is 104 Å². The fourth-order valence-corrected chi connectivity index (χ4v) is 5.45. The molecule has 14 heteroatoms. The summed E-state index contributed by atoms with van der Waals surface area (Å²) in [4.78, 5) is 8.99. The molecule has 1 aliphatic heterocycles. The number of nitrogens with two attached hydrogens (primary N) is 1. The number of aliphatic hydroxyl groups is 2. The molecule has 13 nitrogen and oxygen atoms in total. The Morgan fingerprint density at radius 2 is 1.49 bits per heavy atom. The number of imidazole rings is 1. The average Bonchev–Trinajstić information content (AvgIpc) is 3.53. The summed E-state index contributed by atoms with van der Waals surface area (Å²) >= 11 is 0. The molecule has 3 heterocycles. The maximum atomic E-state index is 10.7. The first-order chi connectivity index (χ1) is 20.8. The van der Waals surface area contributed by atoms with Crippen molar-refractivity contribution in [1.82, 2.24) is 14.5 Å². The van der Waals surface area contributed by atoms with Crippen LogP contribution < -0.4 is 11.1 Å². The second-order valence-electron chi connectivity index (χ2n) is 11.2. The third-order valence-electron chi connectivity index (χ3n) is 6.85. The number of hydrogen-bond donors (Lipinski definition) is 4. The molecule has 1 unspecified atom stereocenters. The minimum Gasteiger partial charge on any atom is -0.388 e. The van der Waals surface area contributed by atoms with Crippen LogP contribution in [0.2, 0.25) is 0 Å². The lowest BCUT2D eigenvalue weighted by molar-refractivity contribution is -0.0353. The van der Waals surface area contributed by atoms with Crippen LogP contribution in [0.1, 0.15) is 25.5 Å². The largest absolute Gasteiger partial charge is 0.388 e. The Kier molecular flexibility index (Phi) is 16.4. The predicted octanol–water partition coefficient (Wildman–Crippen LogP) is 1.38. The lowest BCUT2D eigenvalue weighted by Crippen LogP contribution is -2.31. The fourth-order valence-electron chi connectivity index (χ4n) is 4.50. The van der Waals surface area contributed by atoms with E-state index in [0.717, 1.165) is 24.7 Å². The van der Waals surface area contributed by atoms with Crippen molar-refractivity contribution in [1.29, 1.82) is 0 Å². The number of nitrogens with zero attached hydrogens (tertiary/aromatic N) is 3. The molecule has 43 heavy (non-hydrogen) atoms. The minimum atomic E-state index is -1.27. The van der Waals surface area contributed by atoms with E-state index >= 15 is 0 Å². The number of aliphatic hydroxyl groups excluding tert-OH is 2. The summed E-state index contributed by atoms with van der Waals surface area (Å²) in [5, 5.41) is 24.7. The normalized spacial score (nSPS) is 20.8. The van der Waals surface area contributed by atoms with Gasteiger partial charge in [-0.15, -0.1) is 13.2 Å². The summed E-state index contributed by atoms with van der Waals surface area (Å²) in [6, 6.07) is 1.87. The van der Waals surface area contributed by atoms with Crippen molar-refractivity contribution in [3.8, 4) is 0 Å². The molecular formula is C29H52N5O8P. The van der Waals surface area contributed by atoms with Crippen LogP contribution in [-0.2, 0) is 28.4 Å². The Labute approximate surface area is 255 Å². The van der Waals surface area contributed by atoms with Crippen LogP contribution in [0.15, 0.2) is 18.6 Å². The fraction of sp³-hybridized carbons (Fsp3) is 0.759. The van der Waals surface area contributed by atoms with Gasteiger partial charge in [0.25, 0.3) is 0 Å². The molecule has 0 radical (unpaired) electrons. The molecule has 0 aromatic carbocycles. The molecule has 0 amide bonds. The van der Waals surface area contributed by atoms with Crippen molar-refractivity contribution in [3.63, 3.8) is 0 Å². The molecule has 4 atom stereocenters. The van der Waals surface area contributed by atoms with Crippen LogP contribution >= 0.6 is 6.89 Å². The number of anilines is 1. The van der Waals surface area contributed by atoms with Crippen LogP contribution in [0.4, 0.5) is 5.69 Å². The van der Waals surface area contributed by atoms with Crippen molar-refractivity contribution in [2.45, 2.75) is 43.8 Å². The summed E-state index contributed by atoms with van der Waals surface area (Å²) in [6.45, 7) is 9.86. The first kappa shape index (κ1) is 35.8. The Morgan fingerprint density at radius 1 is 0.907 bits per heavy atom. The zero-order valence-corrected chi connectivity index (χ0v) is 26.7. The molecule has 0 spiro atoms. The van der Waals surface area contributed by atoms with E-state index in [4.69, 9.17) is 34.2 Å². The highest BCUT2D eigenvalue weighted by atomic mass is 31.2. The molecule has 246 valence electrons. The quantitative estimate of drug-likeness (QED) is 0.0976. The van der Waals surface area contributed by atoms with Gasteiger partial charge in [-0.3, -0.25) is 4.57 Å². The number of ether oxygens (including phenoxy) is 6. The zero-order valence-electron chi connectivity index (χ0n) is 25.8. The number of pyridine rings is 1. The van der Waals surface area contributed by atoms with E-state index in [1.165, 1.54) is 0 Å². The van der Waals surface area contributed by atoms with Gasteiger partial charge in [0.05, 0.1) is 71.0 Å². The molecule has 0 aliphatic carbocycles. The summed E-state index contributed by atoms with van der Waals surface area (Å²) in [6.07, 6.45) is 7.48. The number of aromatic nitrogens is 3. The summed E-state index contributed by atoms with van der Waals surface area (Å²) in [7, 11) is 0. The Hall–Kier alpha value is -1.64. The maximum absolute atomic E-state index is 10.7. The van der Waals surface area contributed by atoms with Gasteiger partial charge < -0.3 is 49.7 Å². The molecule has 3 rings (SSSR count). The van der Waals surface area contributed by atoms with Gasteiger partial charge in [0.1, 0.15) is 17.7 Å². The molecular weight excluding hydrogens is 577 g/mol. The van der Waals surface area contributed by atoms with Gasteiger partial charge in [-0.05, 0) is 51.4 Å². The van der Waals surface area contributed by atoms with Gasteiger partial charge in [0.15, 0.2) is 11.9 Å². The van der Waals surface area contributed by atoms with E-state index in [1.54, 1.807) is 17.1 Å². The van der Waals surface area contributed by atoms with Crippen molar-refractivity contribution in [2.24, 2.45) is 5.73 Å². The van der Waals surface area contributed by atoms with E-state index < -0.39 is 31.4 Å². The molecule has 5 N–H and O–H groups in total. The highest BCUT2D eigenvalue weighted by Gasteiger charge is 2.44.